The number of nitrogens with one attached hydrogen (secondary N) is 1. The van der Waals surface area contributed by atoms with Crippen molar-refractivity contribution >= 4 is 29.9 Å². The number of urea groups is 1. The number of carbonyl (C=O) groups excluding carboxylic acids is 3. The van der Waals surface area contributed by atoms with Crippen molar-refractivity contribution in [2.45, 2.75) is 45.2 Å². The summed E-state index contributed by atoms with van der Waals surface area (Å²) in [5, 5.41) is 12.3. The van der Waals surface area contributed by atoms with Gasteiger partial charge >= 0.3 is 6.03 Å². The highest BCUT2D eigenvalue weighted by molar-refractivity contribution is 6.02. The molecule has 0 aliphatic carbocycles. The van der Waals surface area contributed by atoms with E-state index in [-0.39, 0.29) is 17.6 Å². The van der Waals surface area contributed by atoms with Crippen LogP contribution < -0.4 is 10.2 Å². The maximum Gasteiger partial charge on any atom is 0.328 e. The van der Waals surface area contributed by atoms with Gasteiger partial charge in [-0.05, 0) is 62.9 Å². The Morgan fingerprint density at radius 1 is 1.32 bits per heavy atom. The molecule has 11 heteroatoms. The number of aryl methyl sites for hydroxylation is 2. The summed E-state index contributed by atoms with van der Waals surface area (Å²) in [5.74, 6) is 0.784. The molecule has 2 aliphatic heterocycles. The first-order chi connectivity index (χ1) is 18.3. The third-order valence-corrected chi connectivity index (χ3v) is 7.03. The molecular formula is C27H33N7O4. The van der Waals surface area contributed by atoms with Crippen LogP contribution >= 0.6 is 0 Å². The zero-order valence-corrected chi connectivity index (χ0v) is 22.1. The van der Waals surface area contributed by atoms with Crippen LogP contribution in [0.4, 0.5) is 16.4 Å². The number of hydrogen-bond donors (Lipinski definition) is 1. The fourth-order valence-electron chi connectivity index (χ4n) is 4.87. The van der Waals surface area contributed by atoms with Crippen LogP contribution in [0.3, 0.4) is 0 Å². The summed E-state index contributed by atoms with van der Waals surface area (Å²) in [6, 6.07) is 5.19. The number of anilines is 2. The first-order valence-electron chi connectivity index (χ1n) is 12.8. The Morgan fingerprint density at radius 3 is 2.84 bits per heavy atom. The molecule has 11 nitrogen and oxygen atoms in total. The molecule has 0 aromatic carbocycles. The van der Waals surface area contributed by atoms with Crippen molar-refractivity contribution in [1.82, 2.24) is 19.8 Å². The van der Waals surface area contributed by atoms with Crippen LogP contribution in [0.1, 0.15) is 52.5 Å². The number of aldehydes is 1. The van der Waals surface area contributed by atoms with Gasteiger partial charge in [-0.3, -0.25) is 24.7 Å². The van der Waals surface area contributed by atoms with Crippen LogP contribution in [0.2, 0.25) is 0 Å². The minimum Gasteiger partial charge on any atom is -0.385 e. The summed E-state index contributed by atoms with van der Waals surface area (Å²) in [7, 11) is 3.53. The number of fused-ring (bicyclic) bond motifs is 1. The molecule has 38 heavy (non-hydrogen) atoms. The van der Waals surface area contributed by atoms with Gasteiger partial charge < -0.3 is 9.64 Å². The van der Waals surface area contributed by atoms with Gasteiger partial charge in [0.15, 0.2) is 6.29 Å². The zero-order valence-electron chi connectivity index (χ0n) is 22.1. The van der Waals surface area contributed by atoms with E-state index in [4.69, 9.17) is 4.74 Å². The smallest absolute Gasteiger partial charge is 0.328 e. The lowest BCUT2D eigenvalue weighted by Gasteiger charge is -2.35. The topological polar surface area (TPSA) is 132 Å². The molecule has 2 aliphatic rings. The monoisotopic (exact) mass is 519 g/mol. The minimum absolute atomic E-state index is 0.0134. The van der Waals surface area contributed by atoms with E-state index in [0.29, 0.717) is 68.1 Å². The Balaban J connectivity index is 1.57. The van der Waals surface area contributed by atoms with Crippen molar-refractivity contribution in [3.63, 3.8) is 0 Å². The summed E-state index contributed by atoms with van der Waals surface area (Å²) in [5.41, 5.74) is 3.00. The summed E-state index contributed by atoms with van der Waals surface area (Å²) >= 11 is 0. The highest BCUT2D eigenvalue weighted by Gasteiger charge is 2.32. The van der Waals surface area contributed by atoms with Gasteiger partial charge in [0.05, 0.1) is 12.1 Å². The van der Waals surface area contributed by atoms with Crippen LogP contribution in [0.15, 0.2) is 18.3 Å². The summed E-state index contributed by atoms with van der Waals surface area (Å²) < 4.78 is 5.11. The van der Waals surface area contributed by atoms with E-state index in [9.17, 15) is 19.6 Å². The molecule has 1 fully saturated rings. The molecule has 0 saturated carbocycles. The Hall–Kier alpha value is -3.88. The summed E-state index contributed by atoms with van der Waals surface area (Å²) in [6.07, 6.45) is 4.92. The molecular weight excluding hydrogens is 486 g/mol. The molecule has 4 rings (SSSR count). The molecule has 0 bridgehead atoms. The Labute approximate surface area is 222 Å². The van der Waals surface area contributed by atoms with Crippen molar-refractivity contribution in [2.24, 2.45) is 0 Å². The first-order valence-corrected chi connectivity index (χ1v) is 12.8. The standard InChI is InChI=1S/C27H33N7O4/c1-18-6-7-20-11-21(15-33-9-8-32(2)16-25(33)36)23(17-35)30-26(20)34(18)27(37)31-24-12-19(5-4-10-38-3)22(13-28)14-29-24/h11-12,14,17-18H,4-10,15-16H2,1-3H3,(H,29,31,37)/t18-/m0/s1. The van der Waals surface area contributed by atoms with Gasteiger partial charge in [-0.25, -0.2) is 14.8 Å². The maximum absolute atomic E-state index is 13.4. The van der Waals surface area contributed by atoms with Gasteiger partial charge in [0.25, 0.3) is 0 Å². The van der Waals surface area contributed by atoms with E-state index in [0.717, 1.165) is 30.5 Å². The second kappa shape index (κ2) is 12.1. The number of aromatic nitrogens is 2. The molecule has 1 saturated heterocycles. The number of piperazine rings is 1. The number of nitrogens with zero attached hydrogens (tertiary/aromatic N) is 6. The van der Waals surface area contributed by atoms with E-state index in [2.05, 4.69) is 21.4 Å². The van der Waals surface area contributed by atoms with Gasteiger partial charge in [-0.1, -0.05) is 0 Å². The lowest BCUT2D eigenvalue weighted by atomic mass is 9.97. The molecule has 2 aromatic heterocycles. The number of hydrogen-bond acceptors (Lipinski definition) is 8. The van der Waals surface area contributed by atoms with Crippen molar-refractivity contribution in [2.75, 3.05) is 50.6 Å². The van der Waals surface area contributed by atoms with Crippen LogP contribution in [0.25, 0.3) is 0 Å². The lowest BCUT2D eigenvalue weighted by molar-refractivity contribution is -0.136. The molecule has 0 radical (unpaired) electrons. The van der Waals surface area contributed by atoms with Gasteiger partial charge in [-0.2, -0.15) is 5.26 Å². The minimum atomic E-state index is -0.412. The predicted molar refractivity (Wildman–Crippen MR) is 141 cm³/mol. The quantitative estimate of drug-likeness (QED) is 0.415. The average Bonchev–Trinajstić information content (AvgIpc) is 2.90. The predicted octanol–water partition coefficient (Wildman–Crippen LogP) is 2.39. The zero-order chi connectivity index (χ0) is 27.2. The van der Waals surface area contributed by atoms with Crippen molar-refractivity contribution in [3.05, 3.63) is 46.3 Å². The fraction of sp³-hybridized carbons (Fsp3) is 0.481. The molecule has 0 unspecified atom stereocenters. The number of likely N-dealkylation sites (N-methyl/N-ethyl adjacent to an activating group) is 1. The fourth-order valence-corrected chi connectivity index (χ4v) is 4.87. The van der Waals surface area contributed by atoms with E-state index < -0.39 is 6.03 Å². The number of ether oxygens (including phenoxy) is 1. The summed E-state index contributed by atoms with van der Waals surface area (Å²) in [4.78, 5) is 52.0. The van der Waals surface area contributed by atoms with Crippen LogP contribution in [-0.2, 0) is 28.9 Å². The maximum atomic E-state index is 13.4. The molecule has 1 N–H and O–H groups in total. The van der Waals surface area contributed by atoms with Gasteiger partial charge in [-0.15, -0.1) is 0 Å². The largest absolute Gasteiger partial charge is 0.385 e. The normalized spacial score (nSPS) is 17.6. The molecule has 200 valence electrons. The van der Waals surface area contributed by atoms with E-state index in [1.54, 1.807) is 23.0 Å². The van der Waals surface area contributed by atoms with Crippen LogP contribution in [-0.4, -0.2) is 84.4 Å². The van der Waals surface area contributed by atoms with Gasteiger partial charge in [0.2, 0.25) is 5.91 Å². The first kappa shape index (κ1) is 27.2. The summed E-state index contributed by atoms with van der Waals surface area (Å²) in [6.45, 7) is 4.50. The second-order valence-corrected chi connectivity index (χ2v) is 9.81. The van der Waals surface area contributed by atoms with Crippen molar-refractivity contribution < 1.29 is 19.1 Å². The molecule has 1 atom stereocenters. The van der Waals surface area contributed by atoms with E-state index >= 15 is 0 Å². The molecule has 3 amide bonds. The number of carbonyl (C=O) groups is 3. The van der Waals surface area contributed by atoms with Gasteiger partial charge in [0.1, 0.15) is 23.4 Å². The number of methoxy groups -OCH3 is 1. The van der Waals surface area contributed by atoms with E-state index in [1.165, 1.54) is 6.20 Å². The third-order valence-electron chi connectivity index (χ3n) is 7.03. The number of amides is 3. The second-order valence-electron chi connectivity index (χ2n) is 9.81. The van der Waals surface area contributed by atoms with Crippen molar-refractivity contribution in [1.29, 1.82) is 5.26 Å². The molecule has 4 heterocycles. The van der Waals surface area contributed by atoms with Crippen molar-refractivity contribution in [3.8, 4) is 6.07 Å². The Bertz CT molecular complexity index is 1260. The Morgan fingerprint density at radius 2 is 2.13 bits per heavy atom. The third kappa shape index (κ3) is 5.98. The lowest BCUT2D eigenvalue weighted by Crippen LogP contribution is -2.48. The van der Waals surface area contributed by atoms with Crippen LogP contribution in [0.5, 0.6) is 0 Å². The van der Waals surface area contributed by atoms with Crippen LogP contribution in [0, 0.1) is 11.3 Å². The molecule has 0 spiro atoms. The highest BCUT2D eigenvalue weighted by Crippen LogP contribution is 2.32. The number of nitriles is 1. The SMILES string of the molecule is COCCCc1cc(NC(=O)N2c3nc(C=O)c(CN4CCN(C)CC4=O)cc3CC[C@@H]2C)ncc1C#N. The highest BCUT2D eigenvalue weighted by atomic mass is 16.5. The van der Waals surface area contributed by atoms with Gasteiger partial charge in [0, 0.05) is 51.2 Å². The molecule has 2 aromatic rings. The number of rotatable bonds is 8. The van der Waals surface area contributed by atoms with E-state index in [1.807, 2.05) is 24.9 Å². The number of pyridine rings is 2. The average molecular weight is 520 g/mol. The Kier molecular flexibility index (Phi) is 8.66.